The van der Waals surface area contributed by atoms with Crippen LogP contribution in [0.4, 0.5) is 62.9 Å². The maximum Gasteiger partial charge on any atom is 0.338 e. The Morgan fingerprint density at radius 2 is 0.513 bits per heavy atom. The summed E-state index contributed by atoms with van der Waals surface area (Å²) in [5.74, 6) is -10.5. The number of nitrogens with one attached hydrogen (secondary N) is 14. The van der Waals surface area contributed by atoms with Crippen LogP contribution in [0.5, 0.6) is 0 Å². The highest BCUT2D eigenvalue weighted by atomic mass is 16.5. The van der Waals surface area contributed by atoms with Gasteiger partial charge in [0.25, 0.3) is 11.8 Å². The zero-order valence-corrected chi connectivity index (χ0v) is 65.1. The molecule has 3 heterocycles. The Labute approximate surface area is 662 Å². The number of hydrogen-bond acceptors (Lipinski definition) is 16. The molecule has 6 bridgehead atoms. The van der Waals surface area contributed by atoms with Gasteiger partial charge in [-0.15, -0.1) is 0 Å². The van der Waals surface area contributed by atoms with Crippen molar-refractivity contribution in [3.63, 3.8) is 0 Å². The third-order valence-corrected chi connectivity index (χ3v) is 20.3. The first-order valence-electron chi connectivity index (χ1n) is 37.9. The van der Waals surface area contributed by atoms with E-state index < -0.39 is 139 Å². The fourth-order valence-corrected chi connectivity index (χ4v) is 14.8. The molecule has 0 radical (unpaired) electrons. The summed E-state index contributed by atoms with van der Waals surface area (Å²) in [6.45, 7) is 11.0. The summed E-state index contributed by atoms with van der Waals surface area (Å²) in [5.41, 5.74) is 2.41. The molecule has 0 spiro atoms. The number of fused-ring (bicyclic) bond motifs is 18. The fourth-order valence-electron chi connectivity index (χ4n) is 14.8. The van der Waals surface area contributed by atoms with E-state index in [1.54, 1.807) is 6.92 Å². The van der Waals surface area contributed by atoms with E-state index in [9.17, 15) is 103 Å². The van der Waals surface area contributed by atoms with Crippen LogP contribution in [-0.4, -0.2) is 138 Å². The number of carboxylic acid groups (broad SMARTS) is 6. The van der Waals surface area contributed by atoms with E-state index in [0.717, 1.165) is 0 Å². The van der Waals surface area contributed by atoms with Crippen LogP contribution >= 0.6 is 0 Å². The fraction of sp³-hybridized carbons (Fsp3) is 0.430. The molecule has 0 saturated carbocycles. The van der Waals surface area contributed by atoms with Crippen molar-refractivity contribution in [2.24, 2.45) is 0 Å². The smallest absolute Gasteiger partial charge is 0.338 e. The van der Waals surface area contributed by atoms with Crippen molar-refractivity contribution in [3.8, 4) is 0 Å². The van der Waals surface area contributed by atoms with Gasteiger partial charge in [0.05, 0.1) is 46.3 Å². The van der Waals surface area contributed by atoms with Crippen LogP contribution in [0.3, 0.4) is 0 Å². The van der Waals surface area contributed by atoms with Crippen molar-refractivity contribution in [2.75, 3.05) is 38.5 Å². The average Bonchev–Trinajstić information content (AvgIpc) is 0.772. The van der Waals surface area contributed by atoms with Gasteiger partial charge in [0, 0.05) is 100.0 Å². The number of urea groups is 6. The number of carbonyl (C=O) groups excluding carboxylic acids is 9. The van der Waals surface area contributed by atoms with Crippen molar-refractivity contribution in [3.05, 3.63) is 138 Å². The molecule has 0 saturated heterocycles. The van der Waals surface area contributed by atoms with Gasteiger partial charge in [0.2, 0.25) is 0 Å². The molecular weight excluding hydrogens is 1500 g/mol. The van der Waals surface area contributed by atoms with Crippen LogP contribution in [0.2, 0.25) is 0 Å². The van der Waals surface area contributed by atoms with E-state index in [4.69, 9.17) is 4.74 Å². The second-order valence-corrected chi connectivity index (χ2v) is 27.5. The molecular formula is C79H100N14O22. The predicted octanol–water partition coefficient (Wildman–Crippen LogP) is 9.92. The molecule has 5 aromatic rings. The highest BCUT2D eigenvalue weighted by Crippen LogP contribution is 2.37. The Kier molecular flexibility index (Phi) is 32.1. The van der Waals surface area contributed by atoms with Crippen molar-refractivity contribution in [2.45, 2.75) is 214 Å². The lowest BCUT2D eigenvalue weighted by Gasteiger charge is -2.34. The average molecular weight is 1600 g/mol. The summed E-state index contributed by atoms with van der Waals surface area (Å²) in [4.78, 5) is 203. The van der Waals surface area contributed by atoms with Crippen LogP contribution in [-0.2, 0) is 111 Å². The lowest BCUT2D eigenvalue weighted by molar-refractivity contribution is -0.140. The van der Waals surface area contributed by atoms with Gasteiger partial charge in [0.1, 0.15) is 0 Å². The summed E-state index contributed by atoms with van der Waals surface area (Å²) in [6, 6.07) is 6.41. The number of rotatable bonds is 30. The standard InChI is InChI=1S/C79H100N14O22/c1-8-45-51-36-80-72(109)86-57-18-15-42(69(106)92-78(27-21-63(94)95,28-22-64(96)97)29-23-65(98)99)33-60(57)89-75(112)83-39-54-48(11-4)55-40-84-76(113)90-61-34-43(70(107)93-79(30-24-66(100)101,31-25-67(102)103)32-26-68(104)105)16-19-58(61)87-73(110)81-37-52(45)47(10-3)53(46(51)9-2)38-82-74(111)88-59-20-17-44(71(108)115-14-7)35-62(59)91-77(114)85-41-56(49(54)12-5)50(55)13-6/h15-20,33-35H,8-14,21-32,36-41H2,1-7H3,(H,92,106)(H,93,107)(H,94,95)(H,96,97)(H,98,99)(H,100,101)(H,102,103)(H,104,105)(H2,80,86,109)(H2,81,87,110)(H2,82,88,111)(H2,83,89,112)(H2,84,90,113)(H2,85,91,114). The van der Waals surface area contributed by atoms with Crippen molar-refractivity contribution in [1.29, 1.82) is 0 Å². The minimum absolute atomic E-state index is 0.00410. The van der Waals surface area contributed by atoms with Crippen molar-refractivity contribution in [1.82, 2.24) is 42.5 Å². The minimum Gasteiger partial charge on any atom is -0.481 e. The third kappa shape index (κ3) is 24.5. The van der Waals surface area contributed by atoms with Gasteiger partial charge in [0.15, 0.2) is 0 Å². The molecule has 0 atom stereocenters. The summed E-state index contributed by atoms with van der Waals surface area (Å²) in [6.07, 6.45) is -4.40. The molecule has 5 aromatic carbocycles. The molecule has 115 heavy (non-hydrogen) atoms. The number of anilines is 6. The number of carboxylic acids is 6. The zero-order chi connectivity index (χ0) is 84.4. The van der Waals surface area contributed by atoms with Crippen LogP contribution in [0.1, 0.15) is 223 Å². The van der Waals surface area contributed by atoms with E-state index in [1.165, 1.54) is 54.6 Å². The molecule has 0 fully saturated rings. The Morgan fingerprint density at radius 3 is 0.713 bits per heavy atom. The molecule has 36 nitrogen and oxygen atoms in total. The second-order valence-electron chi connectivity index (χ2n) is 27.5. The lowest BCUT2D eigenvalue weighted by Crippen LogP contribution is -2.49. The van der Waals surface area contributed by atoms with E-state index in [2.05, 4.69) is 74.4 Å². The molecule has 618 valence electrons. The van der Waals surface area contributed by atoms with Gasteiger partial charge in [-0.2, -0.15) is 0 Å². The largest absolute Gasteiger partial charge is 0.481 e. The SMILES string of the molecule is CCOC(=O)c1ccc2c(c1)NC(=O)NCc1c(CC)c3c(CC)c(c1CC)CNC(=O)Nc1cc(C(=O)NC(CCC(=O)O)(CCC(=O)O)CCC(=O)O)ccc1NC(=O)NCc1c(CC)c(c(CC)c(c1CC)CNC(=O)N2)CNC(=O)Nc1ccc(C(=O)NC(CCC(=O)O)(CCC(=O)O)CCC(=O)O)cc1NC(=O)NC3. The summed E-state index contributed by atoms with van der Waals surface area (Å²) >= 11 is 0. The van der Waals surface area contributed by atoms with E-state index in [1.807, 2.05) is 41.5 Å². The molecule has 14 amide bonds. The van der Waals surface area contributed by atoms with Gasteiger partial charge in [-0.05, 0) is 205 Å². The van der Waals surface area contributed by atoms with Gasteiger partial charge in [-0.1, -0.05) is 41.5 Å². The van der Waals surface area contributed by atoms with Gasteiger partial charge < -0.3 is 110 Å². The van der Waals surface area contributed by atoms with Gasteiger partial charge >= 0.3 is 78.0 Å². The summed E-state index contributed by atoms with van der Waals surface area (Å²) in [7, 11) is 0. The third-order valence-electron chi connectivity index (χ3n) is 20.3. The van der Waals surface area contributed by atoms with E-state index in [0.29, 0.717) is 66.8 Å². The molecule has 0 aliphatic carbocycles. The normalized spacial score (nSPS) is 13.7. The highest BCUT2D eigenvalue weighted by Gasteiger charge is 2.37. The van der Waals surface area contributed by atoms with E-state index >= 15 is 0 Å². The Hall–Kier alpha value is -13.0. The first kappa shape index (κ1) is 89.2. The number of hydrogen-bond donors (Lipinski definition) is 20. The Morgan fingerprint density at radius 1 is 0.313 bits per heavy atom. The molecule has 36 heteroatoms. The number of esters is 1. The van der Waals surface area contributed by atoms with E-state index in [-0.39, 0.29) is 174 Å². The second kappa shape index (κ2) is 41.5. The van der Waals surface area contributed by atoms with Crippen LogP contribution < -0.4 is 74.4 Å². The number of aliphatic carboxylic acids is 6. The first-order chi connectivity index (χ1) is 54.7. The quantitative estimate of drug-likeness (QED) is 0.0190. The molecule has 8 rings (SSSR count). The van der Waals surface area contributed by atoms with Gasteiger partial charge in [-0.3, -0.25) is 38.4 Å². The van der Waals surface area contributed by atoms with Crippen LogP contribution in [0, 0.1) is 0 Å². The molecule has 0 unspecified atom stereocenters. The van der Waals surface area contributed by atoms with Crippen LogP contribution in [0.15, 0.2) is 54.6 Å². The maximum absolute atomic E-state index is 14.9. The van der Waals surface area contributed by atoms with Crippen molar-refractivity contribution >= 4 is 124 Å². The predicted molar refractivity (Wildman–Crippen MR) is 421 cm³/mol. The minimum atomic E-state index is -1.70. The molecule has 0 aromatic heterocycles. The number of carbonyl (C=O) groups is 15. The Balaban J connectivity index is 1.49. The topological polar surface area (TPSA) is 555 Å². The molecule has 3 aliphatic rings. The summed E-state index contributed by atoms with van der Waals surface area (Å²) < 4.78 is 5.30. The first-order valence-corrected chi connectivity index (χ1v) is 37.9. The Bertz CT molecular complexity index is 4290. The number of benzene rings is 5. The number of ether oxygens (including phenoxy) is 1. The van der Waals surface area contributed by atoms with Crippen LogP contribution in [0.25, 0.3) is 0 Å². The lowest BCUT2D eigenvalue weighted by atomic mass is 9.83. The highest BCUT2D eigenvalue weighted by molar-refractivity contribution is 6.05. The number of amides is 14. The summed E-state index contributed by atoms with van der Waals surface area (Å²) in [5, 5.41) is 98.2. The van der Waals surface area contributed by atoms with Gasteiger partial charge in [-0.25, -0.2) is 33.6 Å². The zero-order valence-electron chi connectivity index (χ0n) is 65.1. The molecule has 20 N–H and O–H groups in total. The van der Waals surface area contributed by atoms with Crippen molar-refractivity contribution < 1.29 is 107 Å². The monoisotopic (exact) mass is 1600 g/mol. The molecule has 3 aliphatic heterocycles. The maximum atomic E-state index is 14.9.